The number of rotatable bonds is 10. The molecule has 0 saturated carbocycles. The highest BCUT2D eigenvalue weighted by atomic mass is 16.5. The Balaban J connectivity index is 1.31. The Bertz CT molecular complexity index is 753. The van der Waals surface area contributed by atoms with Crippen LogP contribution in [-0.2, 0) is 6.54 Å². The van der Waals surface area contributed by atoms with Crippen molar-refractivity contribution in [1.29, 1.82) is 0 Å². The molecule has 4 heteroatoms. The average Bonchev–Trinajstić information content (AvgIpc) is 2.76. The maximum Gasteiger partial charge on any atom is 0.161 e. The van der Waals surface area contributed by atoms with E-state index < -0.39 is 0 Å². The number of benzene rings is 2. The van der Waals surface area contributed by atoms with Crippen LogP contribution < -0.4 is 9.47 Å². The summed E-state index contributed by atoms with van der Waals surface area (Å²) < 4.78 is 11.4. The van der Waals surface area contributed by atoms with Gasteiger partial charge in [-0.15, -0.1) is 0 Å². The summed E-state index contributed by atoms with van der Waals surface area (Å²) in [5, 5.41) is 0. The molecule has 156 valence electrons. The summed E-state index contributed by atoms with van der Waals surface area (Å²) >= 11 is 0. The summed E-state index contributed by atoms with van der Waals surface area (Å²) in [4.78, 5) is 5.13. The molecule has 0 bridgehead atoms. The number of ether oxygens (including phenoxy) is 2. The Morgan fingerprint density at radius 3 is 2.38 bits per heavy atom. The third-order valence-corrected chi connectivity index (χ3v) is 5.39. The molecule has 1 aliphatic rings. The van der Waals surface area contributed by atoms with Crippen LogP contribution in [0.5, 0.6) is 11.5 Å². The summed E-state index contributed by atoms with van der Waals surface area (Å²) in [6.07, 6.45) is 6.31. The fraction of sp³-hybridized carbons (Fsp3) is 0.440. The minimum absolute atomic E-state index is 0.729. The standard InChI is InChI=1S/C25H34N2O2/c1-3-9-22-12-13-24(25(20-22)28-2)29-19-8-7-14-26-15-17-27(18-16-26)21-23-10-5-4-6-11-23/h3-6,9-13,20H,7-8,14-19,21H2,1-2H3. The van der Waals surface area contributed by atoms with E-state index in [1.54, 1.807) is 7.11 Å². The molecular formula is C25H34N2O2. The van der Waals surface area contributed by atoms with Crippen molar-refractivity contribution < 1.29 is 9.47 Å². The molecule has 0 aromatic heterocycles. The number of nitrogens with zero attached hydrogens (tertiary/aromatic N) is 2. The first kappa shape index (κ1) is 21.4. The van der Waals surface area contributed by atoms with E-state index in [4.69, 9.17) is 9.47 Å². The van der Waals surface area contributed by atoms with E-state index in [1.807, 2.05) is 25.1 Å². The van der Waals surface area contributed by atoms with E-state index in [1.165, 1.54) is 5.56 Å². The molecule has 0 radical (unpaired) electrons. The van der Waals surface area contributed by atoms with Crippen molar-refractivity contribution in [3.8, 4) is 11.5 Å². The van der Waals surface area contributed by atoms with Crippen molar-refractivity contribution >= 4 is 6.08 Å². The lowest BCUT2D eigenvalue weighted by Gasteiger charge is -2.34. The van der Waals surface area contributed by atoms with Crippen LogP contribution in [0, 0.1) is 0 Å². The van der Waals surface area contributed by atoms with Crippen molar-refractivity contribution in [1.82, 2.24) is 9.80 Å². The summed E-state index contributed by atoms with van der Waals surface area (Å²) in [6, 6.07) is 16.8. The highest BCUT2D eigenvalue weighted by Gasteiger charge is 2.16. The van der Waals surface area contributed by atoms with Crippen molar-refractivity contribution in [3.63, 3.8) is 0 Å². The fourth-order valence-corrected chi connectivity index (χ4v) is 3.73. The smallest absolute Gasteiger partial charge is 0.161 e. The van der Waals surface area contributed by atoms with Gasteiger partial charge in [-0.1, -0.05) is 48.6 Å². The van der Waals surface area contributed by atoms with E-state index in [0.29, 0.717) is 0 Å². The van der Waals surface area contributed by atoms with Gasteiger partial charge in [-0.05, 0) is 49.6 Å². The molecule has 1 aliphatic heterocycles. The van der Waals surface area contributed by atoms with Gasteiger partial charge in [0.25, 0.3) is 0 Å². The average molecular weight is 395 g/mol. The molecule has 0 spiro atoms. The number of allylic oxidation sites excluding steroid dienone is 1. The molecule has 0 amide bonds. The second kappa shape index (κ2) is 11.6. The lowest BCUT2D eigenvalue weighted by atomic mass is 10.2. The Kier molecular flexibility index (Phi) is 8.59. The molecule has 0 aliphatic carbocycles. The number of piperazine rings is 1. The van der Waals surface area contributed by atoms with E-state index in [0.717, 1.165) is 75.8 Å². The van der Waals surface area contributed by atoms with E-state index in [2.05, 4.69) is 52.3 Å². The van der Waals surface area contributed by atoms with Crippen LogP contribution in [0.1, 0.15) is 30.9 Å². The van der Waals surface area contributed by atoms with Crippen LogP contribution in [0.3, 0.4) is 0 Å². The third kappa shape index (κ3) is 6.91. The molecule has 29 heavy (non-hydrogen) atoms. The van der Waals surface area contributed by atoms with Gasteiger partial charge in [0.15, 0.2) is 11.5 Å². The quantitative estimate of drug-likeness (QED) is 0.545. The fourth-order valence-electron chi connectivity index (χ4n) is 3.73. The zero-order valence-electron chi connectivity index (χ0n) is 17.8. The third-order valence-electron chi connectivity index (χ3n) is 5.39. The molecule has 0 unspecified atom stereocenters. The van der Waals surface area contributed by atoms with E-state index >= 15 is 0 Å². The number of hydrogen-bond acceptors (Lipinski definition) is 4. The molecule has 0 atom stereocenters. The Morgan fingerprint density at radius 2 is 1.66 bits per heavy atom. The zero-order chi connectivity index (χ0) is 20.3. The maximum atomic E-state index is 5.96. The van der Waals surface area contributed by atoms with Crippen LogP contribution in [0.2, 0.25) is 0 Å². The van der Waals surface area contributed by atoms with Gasteiger partial charge in [-0.25, -0.2) is 0 Å². The predicted octanol–water partition coefficient (Wildman–Crippen LogP) is 4.71. The molecule has 1 saturated heterocycles. The minimum Gasteiger partial charge on any atom is -0.493 e. The lowest BCUT2D eigenvalue weighted by Crippen LogP contribution is -2.46. The van der Waals surface area contributed by atoms with Crippen LogP contribution in [-0.4, -0.2) is 56.2 Å². The van der Waals surface area contributed by atoms with Gasteiger partial charge < -0.3 is 14.4 Å². The predicted molar refractivity (Wildman–Crippen MR) is 121 cm³/mol. The molecule has 2 aromatic rings. The topological polar surface area (TPSA) is 24.9 Å². The summed E-state index contributed by atoms with van der Waals surface area (Å²) in [6.45, 7) is 9.59. The van der Waals surface area contributed by atoms with Gasteiger partial charge in [0.1, 0.15) is 0 Å². The highest BCUT2D eigenvalue weighted by Crippen LogP contribution is 2.28. The van der Waals surface area contributed by atoms with Gasteiger partial charge in [0.2, 0.25) is 0 Å². The van der Waals surface area contributed by atoms with Crippen LogP contribution >= 0.6 is 0 Å². The molecule has 4 nitrogen and oxygen atoms in total. The second-order valence-corrected chi connectivity index (χ2v) is 7.57. The molecular weight excluding hydrogens is 360 g/mol. The minimum atomic E-state index is 0.729. The van der Waals surface area contributed by atoms with Crippen LogP contribution in [0.15, 0.2) is 54.6 Å². The van der Waals surface area contributed by atoms with Crippen molar-refractivity contribution in [2.45, 2.75) is 26.3 Å². The van der Waals surface area contributed by atoms with Crippen molar-refractivity contribution in [2.75, 3.05) is 46.4 Å². The first-order valence-electron chi connectivity index (χ1n) is 10.7. The summed E-state index contributed by atoms with van der Waals surface area (Å²) in [7, 11) is 1.69. The molecule has 1 fully saturated rings. The van der Waals surface area contributed by atoms with Gasteiger partial charge in [-0.2, -0.15) is 0 Å². The Hall–Kier alpha value is -2.30. The van der Waals surface area contributed by atoms with E-state index in [-0.39, 0.29) is 0 Å². The van der Waals surface area contributed by atoms with Gasteiger partial charge in [-0.3, -0.25) is 4.90 Å². The van der Waals surface area contributed by atoms with Gasteiger partial charge in [0, 0.05) is 32.7 Å². The number of hydrogen-bond donors (Lipinski definition) is 0. The number of unbranched alkanes of at least 4 members (excludes halogenated alkanes) is 1. The number of methoxy groups -OCH3 is 1. The molecule has 3 rings (SSSR count). The first-order chi connectivity index (χ1) is 14.3. The van der Waals surface area contributed by atoms with Gasteiger partial charge in [0.05, 0.1) is 13.7 Å². The Labute approximate surface area is 175 Å². The molecule has 1 heterocycles. The molecule has 0 N–H and O–H groups in total. The summed E-state index contributed by atoms with van der Waals surface area (Å²) in [5.41, 5.74) is 2.54. The molecule has 2 aromatic carbocycles. The Morgan fingerprint density at radius 1 is 0.897 bits per heavy atom. The van der Waals surface area contributed by atoms with E-state index in [9.17, 15) is 0 Å². The zero-order valence-corrected chi connectivity index (χ0v) is 17.8. The van der Waals surface area contributed by atoms with Crippen LogP contribution in [0.25, 0.3) is 6.08 Å². The monoisotopic (exact) mass is 394 g/mol. The largest absolute Gasteiger partial charge is 0.493 e. The van der Waals surface area contributed by atoms with Gasteiger partial charge >= 0.3 is 0 Å². The van der Waals surface area contributed by atoms with Crippen molar-refractivity contribution in [3.05, 3.63) is 65.7 Å². The second-order valence-electron chi connectivity index (χ2n) is 7.57. The normalized spacial score (nSPS) is 15.7. The highest BCUT2D eigenvalue weighted by molar-refractivity contribution is 5.55. The first-order valence-corrected chi connectivity index (χ1v) is 10.7. The lowest BCUT2D eigenvalue weighted by molar-refractivity contribution is 0.124. The SMILES string of the molecule is CC=Cc1ccc(OCCCCN2CCN(Cc3ccccc3)CC2)c(OC)c1. The van der Waals surface area contributed by atoms with Crippen molar-refractivity contribution in [2.24, 2.45) is 0 Å². The van der Waals surface area contributed by atoms with Crippen LogP contribution in [0.4, 0.5) is 0 Å². The summed E-state index contributed by atoms with van der Waals surface area (Å²) in [5.74, 6) is 1.63. The maximum absolute atomic E-state index is 5.96.